The smallest absolute Gasteiger partial charge is 0.338 e. The summed E-state index contributed by atoms with van der Waals surface area (Å²) in [6, 6.07) is 13.9. The van der Waals surface area contributed by atoms with E-state index in [2.05, 4.69) is 20.8 Å². The number of anilines is 1. The first-order chi connectivity index (χ1) is 16.4. The molecule has 0 aliphatic rings. The molecule has 1 aromatic heterocycles. The summed E-state index contributed by atoms with van der Waals surface area (Å²) in [6.07, 6.45) is 0.738. The Bertz CT molecular complexity index is 1160. The van der Waals surface area contributed by atoms with Crippen LogP contribution in [0.2, 0.25) is 0 Å². The fraction of sp³-hybridized carbons (Fsp3) is 0.292. The van der Waals surface area contributed by atoms with Gasteiger partial charge in [0.1, 0.15) is 0 Å². The number of esters is 1. The molecule has 1 heterocycles. The number of carbonyl (C=O) groups excluding carboxylic acids is 3. The summed E-state index contributed by atoms with van der Waals surface area (Å²) in [6.45, 7) is 4.44. The van der Waals surface area contributed by atoms with E-state index < -0.39 is 5.97 Å². The number of nitrogens with zero attached hydrogens (tertiary/aromatic N) is 3. The van der Waals surface area contributed by atoms with Gasteiger partial charge >= 0.3 is 5.97 Å². The predicted octanol–water partition coefficient (Wildman–Crippen LogP) is 3.35. The van der Waals surface area contributed by atoms with E-state index in [1.54, 1.807) is 48.0 Å². The third kappa shape index (κ3) is 6.92. The molecule has 0 aliphatic heterocycles. The second-order valence-corrected chi connectivity index (χ2v) is 8.50. The third-order valence-corrected chi connectivity index (χ3v) is 5.82. The van der Waals surface area contributed by atoms with Gasteiger partial charge in [-0.3, -0.25) is 9.59 Å². The van der Waals surface area contributed by atoms with Crippen molar-refractivity contribution in [1.82, 2.24) is 20.1 Å². The van der Waals surface area contributed by atoms with Crippen molar-refractivity contribution in [3.8, 4) is 0 Å². The summed E-state index contributed by atoms with van der Waals surface area (Å²) in [5, 5.41) is 14.4. The predicted molar refractivity (Wildman–Crippen MR) is 130 cm³/mol. The van der Waals surface area contributed by atoms with E-state index in [0.29, 0.717) is 34.4 Å². The zero-order chi connectivity index (χ0) is 24.5. The summed E-state index contributed by atoms with van der Waals surface area (Å²) in [5.41, 5.74) is 2.54. The van der Waals surface area contributed by atoms with Crippen molar-refractivity contribution < 1.29 is 19.1 Å². The Kier molecular flexibility index (Phi) is 8.80. The molecule has 10 heteroatoms. The number of aromatic nitrogens is 3. The van der Waals surface area contributed by atoms with Crippen molar-refractivity contribution in [2.75, 3.05) is 17.7 Å². The highest BCUT2D eigenvalue weighted by Gasteiger charge is 2.14. The van der Waals surface area contributed by atoms with Gasteiger partial charge in [-0.25, -0.2) is 4.79 Å². The van der Waals surface area contributed by atoms with Crippen LogP contribution in [0.25, 0.3) is 0 Å². The lowest BCUT2D eigenvalue weighted by Gasteiger charge is -2.08. The molecule has 0 saturated carbocycles. The fourth-order valence-corrected chi connectivity index (χ4v) is 3.65. The highest BCUT2D eigenvalue weighted by molar-refractivity contribution is 7.99. The maximum Gasteiger partial charge on any atom is 0.338 e. The van der Waals surface area contributed by atoms with Crippen LogP contribution in [0.1, 0.15) is 45.4 Å². The number of hydrogen-bond donors (Lipinski definition) is 2. The summed E-state index contributed by atoms with van der Waals surface area (Å²) < 4.78 is 6.86. The van der Waals surface area contributed by atoms with Gasteiger partial charge in [0.05, 0.1) is 24.5 Å². The molecule has 2 N–H and O–H groups in total. The van der Waals surface area contributed by atoms with Crippen molar-refractivity contribution in [3.05, 3.63) is 71.0 Å². The Labute approximate surface area is 202 Å². The Morgan fingerprint density at radius 3 is 2.56 bits per heavy atom. The quantitative estimate of drug-likeness (QED) is 0.337. The second-order valence-electron chi connectivity index (χ2n) is 7.56. The van der Waals surface area contributed by atoms with Crippen LogP contribution in [0.3, 0.4) is 0 Å². The Balaban J connectivity index is 1.50. The molecule has 0 saturated heterocycles. The number of amides is 2. The highest BCUT2D eigenvalue weighted by atomic mass is 32.2. The topological polar surface area (TPSA) is 115 Å². The summed E-state index contributed by atoms with van der Waals surface area (Å²) >= 11 is 1.22. The van der Waals surface area contributed by atoms with Gasteiger partial charge in [-0.05, 0) is 43.7 Å². The summed E-state index contributed by atoms with van der Waals surface area (Å²) in [4.78, 5) is 36.7. The Hall–Kier alpha value is -3.66. The molecular weight excluding hydrogens is 454 g/mol. The summed E-state index contributed by atoms with van der Waals surface area (Å²) in [7, 11) is 1.78. The first-order valence-corrected chi connectivity index (χ1v) is 11.8. The van der Waals surface area contributed by atoms with Gasteiger partial charge in [0.2, 0.25) is 5.91 Å². The summed E-state index contributed by atoms with van der Waals surface area (Å²) in [5.74, 6) is -0.194. The van der Waals surface area contributed by atoms with Gasteiger partial charge in [0.15, 0.2) is 11.0 Å². The van der Waals surface area contributed by atoms with E-state index in [1.165, 1.54) is 11.8 Å². The number of aryl methyl sites for hydroxylation is 1. The number of benzene rings is 2. The molecule has 3 aromatic rings. The molecule has 0 aliphatic carbocycles. The SMILES string of the molecule is CCCOC(=O)c1cccc(NC(=O)CSc2nnc(CNC(=O)c3ccc(C)cc3)n2C)c1. The van der Waals surface area contributed by atoms with Crippen molar-refractivity contribution in [1.29, 1.82) is 0 Å². The monoisotopic (exact) mass is 481 g/mol. The van der Waals surface area contributed by atoms with Gasteiger partial charge in [-0.1, -0.05) is 42.4 Å². The number of rotatable bonds is 10. The number of nitrogens with one attached hydrogen (secondary N) is 2. The zero-order valence-electron chi connectivity index (χ0n) is 19.3. The lowest BCUT2D eigenvalue weighted by atomic mass is 10.1. The molecule has 0 atom stereocenters. The van der Waals surface area contributed by atoms with E-state index >= 15 is 0 Å². The van der Waals surface area contributed by atoms with E-state index in [9.17, 15) is 14.4 Å². The third-order valence-electron chi connectivity index (χ3n) is 4.80. The van der Waals surface area contributed by atoms with E-state index in [1.807, 2.05) is 26.0 Å². The van der Waals surface area contributed by atoms with Gasteiger partial charge in [0.25, 0.3) is 5.91 Å². The molecule has 0 radical (unpaired) electrons. The van der Waals surface area contributed by atoms with E-state index in [0.717, 1.165) is 12.0 Å². The van der Waals surface area contributed by atoms with Crippen LogP contribution in [-0.2, 0) is 23.1 Å². The van der Waals surface area contributed by atoms with Gasteiger partial charge in [0, 0.05) is 18.3 Å². The maximum atomic E-state index is 12.4. The van der Waals surface area contributed by atoms with Gasteiger partial charge < -0.3 is 19.9 Å². The first kappa shape index (κ1) is 25.0. The second kappa shape index (κ2) is 12.0. The largest absolute Gasteiger partial charge is 0.462 e. The maximum absolute atomic E-state index is 12.4. The van der Waals surface area contributed by atoms with Crippen molar-refractivity contribution >= 4 is 35.2 Å². The Morgan fingerprint density at radius 1 is 1.06 bits per heavy atom. The van der Waals surface area contributed by atoms with Crippen LogP contribution >= 0.6 is 11.8 Å². The molecule has 34 heavy (non-hydrogen) atoms. The normalized spacial score (nSPS) is 10.6. The van der Waals surface area contributed by atoms with Crippen molar-refractivity contribution in [2.45, 2.75) is 32.0 Å². The molecular formula is C24H27N5O4S. The minimum absolute atomic E-state index is 0.103. The molecule has 3 rings (SSSR count). The molecule has 9 nitrogen and oxygen atoms in total. The molecule has 0 bridgehead atoms. The average molecular weight is 482 g/mol. The number of hydrogen-bond acceptors (Lipinski definition) is 7. The fourth-order valence-electron chi connectivity index (χ4n) is 2.92. The lowest BCUT2D eigenvalue weighted by molar-refractivity contribution is -0.113. The standard InChI is InChI=1S/C24H27N5O4S/c1-4-12-33-23(32)18-6-5-7-19(13-18)26-21(30)15-34-24-28-27-20(29(24)3)14-25-22(31)17-10-8-16(2)9-11-17/h5-11,13H,4,12,14-15H2,1-3H3,(H,25,31)(H,26,30). The number of thioether (sulfide) groups is 1. The first-order valence-electron chi connectivity index (χ1n) is 10.8. The molecule has 2 amide bonds. The molecule has 2 aromatic carbocycles. The lowest BCUT2D eigenvalue weighted by Crippen LogP contribution is -2.24. The van der Waals surface area contributed by atoms with Crippen LogP contribution in [0.15, 0.2) is 53.7 Å². The Morgan fingerprint density at radius 2 is 1.82 bits per heavy atom. The van der Waals surface area contributed by atoms with Crippen LogP contribution in [0, 0.1) is 6.92 Å². The van der Waals surface area contributed by atoms with Crippen LogP contribution in [0.4, 0.5) is 5.69 Å². The molecule has 0 unspecified atom stereocenters. The van der Waals surface area contributed by atoms with Gasteiger partial charge in [-0.15, -0.1) is 10.2 Å². The zero-order valence-corrected chi connectivity index (χ0v) is 20.1. The van der Waals surface area contributed by atoms with E-state index in [4.69, 9.17) is 4.74 Å². The van der Waals surface area contributed by atoms with Crippen molar-refractivity contribution in [2.24, 2.45) is 7.05 Å². The van der Waals surface area contributed by atoms with Crippen LogP contribution in [0.5, 0.6) is 0 Å². The van der Waals surface area contributed by atoms with E-state index in [-0.39, 0.29) is 24.1 Å². The van der Waals surface area contributed by atoms with Crippen LogP contribution < -0.4 is 10.6 Å². The minimum Gasteiger partial charge on any atom is -0.462 e. The average Bonchev–Trinajstić information content (AvgIpc) is 3.19. The minimum atomic E-state index is -0.423. The number of carbonyl (C=O) groups is 3. The van der Waals surface area contributed by atoms with Gasteiger partial charge in [-0.2, -0.15) is 0 Å². The molecule has 0 fully saturated rings. The highest BCUT2D eigenvalue weighted by Crippen LogP contribution is 2.17. The molecule has 0 spiro atoms. The van der Waals surface area contributed by atoms with Crippen molar-refractivity contribution in [3.63, 3.8) is 0 Å². The molecule has 178 valence electrons. The van der Waals surface area contributed by atoms with Crippen LogP contribution in [-0.4, -0.2) is 44.9 Å². The number of ether oxygens (including phenoxy) is 1.